The fraction of sp³-hybridized carbons (Fsp3) is 0.333. The van der Waals surface area contributed by atoms with Crippen molar-refractivity contribution in [3.05, 3.63) is 69.8 Å². The van der Waals surface area contributed by atoms with E-state index in [9.17, 15) is 14.4 Å². The number of hydrogen-bond donors (Lipinski definition) is 0. The largest absolute Gasteiger partial charge is 0.449 e. The summed E-state index contributed by atoms with van der Waals surface area (Å²) < 4.78 is 7.19. The van der Waals surface area contributed by atoms with Crippen molar-refractivity contribution in [3.8, 4) is 0 Å². The lowest BCUT2D eigenvalue weighted by Gasteiger charge is -2.31. The molecule has 0 unspecified atom stereocenters. The summed E-state index contributed by atoms with van der Waals surface area (Å²) in [6.45, 7) is 2.88. The SMILES string of the molecule is C[C@@H](OC(=O)c1ccc2c(=O)n3c(nc2c1)CCC3)C(=O)N1CCCc2ccccc21. The zero-order valence-electron chi connectivity index (χ0n) is 17.3. The molecule has 1 atom stereocenters. The molecule has 1 aromatic heterocycles. The topological polar surface area (TPSA) is 81.5 Å². The number of carbonyl (C=O) groups excluding carboxylic acids is 2. The van der Waals surface area contributed by atoms with Crippen LogP contribution >= 0.6 is 0 Å². The minimum Gasteiger partial charge on any atom is -0.449 e. The van der Waals surface area contributed by atoms with Gasteiger partial charge in [-0.05, 0) is 56.0 Å². The Hall–Kier alpha value is -3.48. The minimum absolute atomic E-state index is 0.0790. The average molecular weight is 417 g/mol. The quantitative estimate of drug-likeness (QED) is 0.612. The number of amides is 1. The van der Waals surface area contributed by atoms with Crippen molar-refractivity contribution < 1.29 is 14.3 Å². The second-order valence-electron chi connectivity index (χ2n) is 8.09. The van der Waals surface area contributed by atoms with Crippen LogP contribution in [0.5, 0.6) is 0 Å². The van der Waals surface area contributed by atoms with Gasteiger partial charge in [-0.2, -0.15) is 0 Å². The highest BCUT2D eigenvalue weighted by atomic mass is 16.5. The summed E-state index contributed by atoms with van der Waals surface area (Å²) in [5.41, 5.74) is 2.69. The van der Waals surface area contributed by atoms with Gasteiger partial charge in [-0.25, -0.2) is 9.78 Å². The van der Waals surface area contributed by atoms with Gasteiger partial charge in [0.05, 0.1) is 16.5 Å². The van der Waals surface area contributed by atoms with Gasteiger partial charge in [0.25, 0.3) is 11.5 Å². The number of anilines is 1. The molecule has 5 rings (SSSR count). The lowest BCUT2D eigenvalue weighted by atomic mass is 10.0. The number of fused-ring (bicyclic) bond motifs is 3. The number of aryl methyl sites for hydroxylation is 2. The first-order chi connectivity index (χ1) is 15.0. The molecule has 0 N–H and O–H groups in total. The molecule has 0 spiro atoms. The van der Waals surface area contributed by atoms with Crippen LogP contribution in [0.2, 0.25) is 0 Å². The smallest absolute Gasteiger partial charge is 0.338 e. The molecular formula is C24H23N3O4. The third-order valence-corrected chi connectivity index (χ3v) is 6.06. The summed E-state index contributed by atoms with van der Waals surface area (Å²) in [4.78, 5) is 44.6. The van der Waals surface area contributed by atoms with E-state index < -0.39 is 12.1 Å². The van der Waals surface area contributed by atoms with E-state index in [-0.39, 0.29) is 17.0 Å². The monoisotopic (exact) mass is 417 g/mol. The third kappa shape index (κ3) is 3.40. The maximum absolute atomic E-state index is 13.0. The minimum atomic E-state index is -0.923. The van der Waals surface area contributed by atoms with Crippen molar-refractivity contribution in [1.82, 2.24) is 9.55 Å². The highest BCUT2D eigenvalue weighted by Gasteiger charge is 2.29. The van der Waals surface area contributed by atoms with E-state index >= 15 is 0 Å². The summed E-state index contributed by atoms with van der Waals surface area (Å²) in [5.74, 6) is -0.0961. The first kappa shape index (κ1) is 19.5. The van der Waals surface area contributed by atoms with Crippen LogP contribution < -0.4 is 10.5 Å². The molecule has 0 aliphatic carbocycles. The highest BCUT2D eigenvalue weighted by Crippen LogP contribution is 2.27. The van der Waals surface area contributed by atoms with E-state index in [0.717, 1.165) is 42.8 Å². The normalized spacial score (nSPS) is 16.0. The van der Waals surface area contributed by atoms with Crippen LogP contribution in [0, 0.1) is 0 Å². The van der Waals surface area contributed by atoms with Crippen LogP contribution in [-0.4, -0.2) is 34.1 Å². The van der Waals surface area contributed by atoms with Gasteiger partial charge in [0.15, 0.2) is 6.10 Å². The number of benzene rings is 2. The first-order valence-electron chi connectivity index (χ1n) is 10.7. The molecule has 2 aliphatic heterocycles. The number of aromatic nitrogens is 2. The summed E-state index contributed by atoms with van der Waals surface area (Å²) in [5, 5.41) is 0.483. The number of esters is 1. The Bertz CT molecular complexity index is 1260. The van der Waals surface area contributed by atoms with Crippen LogP contribution in [0.4, 0.5) is 5.69 Å². The van der Waals surface area contributed by atoms with Crippen LogP contribution in [0.1, 0.15) is 41.5 Å². The summed E-state index contributed by atoms with van der Waals surface area (Å²) in [6.07, 6.45) is 2.53. The van der Waals surface area contributed by atoms with Gasteiger partial charge in [-0.15, -0.1) is 0 Å². The Labute approximate surface area is 179 Å². The standard InChI is InChI=1S/C24H23N3O4/c1-15(22(28)26-12-4-7-16-6-2-3-8-20(16)26)31-24(30)17-10-11-18-19(14-17)25-21-9-5-13-27(21)23(18)29/h2-3,6,8,10-11,14-15H,4-5,7,9,12-13H2,1H3/t15-/m1/s1. The molecule has 0 fully saturated rings. The molecule has 0 bridgehead atoms. The molecule has 2 aliphatic rings. The van der Waals surface area contributed by atoms with E-state index in [1.807, 2.05) is 24.3 Å². The van der Waals surface area contributed by atoms with Gasteiger partial charge in [0, 0.05) is 25.2 Å². The fourth-order valence-electron chi connectivity index (χ4n) is 4.47. The van der Waals surface area contributed by atoms with Crippen molar-refractivity contribution in [2.45, 2.75) is 45.3 Å². The molecular weight excluding hydrogens is 394 g/mol. The third-order valence-electron chi connectivity index (χ3n) is 6.06. The van der Waals surface area contributed by atoms with E-state index in [2.05, 4.69) is 4.98 Å². The van der Waals surface area contributed by atoms with Gasteiger partial charge >= 0.3 is 5.97 Å². The van der Waals surface area contributed by atoms with Gasteiger partial charge in [0.2, 0.25) is 0 Å². The van der Waals surface area contributed by atoms with Crippen molar-refractivity contribution in [1.29, 1.82) is 0 Å². The Morgan fingerprint density at radius 2 is 1.87 bits per heavy atom. The molecule has 3 aromatic rings. The van der Waals surface area contributed by atoms with Gasteiger partial charge in [-0.3, -0.25) is 14.2 Å². The maximum Gasteiger partial charge on any atom is 0.338 e. The average Bonchev–Trinajstić information content (AvgIpc) is 3.26. The van der Waals surface area contributed by atoms with Crippen LogP contribution in [0.25, 0.3) is 10.9 Å². The Kier molecular flexibility index (Phi) is 4.81. The number of nitrogens with zero attached hydrogens (tertiary/aromatic N) is 3. The molecule has 3 heterocycles. The predicted octanol–water partition coefficient (Wildman–Crippen LogP) is 2.87. The number of rotatable bonds is 3. The predicted molar refractivity (Wildman–Crippen MR) is 116 cm³/mol. The van der Waals surface area contributed by atoms with Gasteiger partial charge < -0.3 is 9.64 Å². The fourth-order valence-corrected chi connectivity index (χ4v) is 4.47. The van der Waals surface area contributed by atoms with E-state index in [0.29, 0.717) is 24.0 Å². The van der Waals surface area contributed by atoms with Crippen molar-refractivity contribution in [2.75, 3.05) is 11.4 Å². The highest BCUT2D eigenvalue weighted by molar-refractivity contribution is 6.00. The Morgan fingerprint density at radius 1 is 1.06 bits per heavy atom. The number of hydrogen-bond acceptors (Lipinski definition) is 5. The molecule has 1 amide bonds. The molecule has 2 aromatic carbocycles. The second kappa shape index (κ2) is 7.65. The number of para-hydroxylation sites is 1. The lowest BCUT2D eigenvalue weighted by Crippen LogP contribution is -2.42. The second-order valence-corrected chi connectivity index (χ2v) is 8.09. The van der Waals surface area contributed by atoms with Crippen LogP contribution in [0.15, 0.2) is 47.3 Å². The van der Waals surface area contributed by atoms with Crippen molar-refractivity contribution >= 4 is 28.5 Å². The van der Waals surface area contributed by atoms with Crippen LogP contribution in [0.3, 0.4) is 0 Å². The molecule has 0 radical (unpaired) electrons. The zero-order chi connectivity index (χ0) is 21.5. The van der Waals surface area contributed by atoms with Crippen LogP contribution in [-0.2, 0) is 28.9 Å². The first-order valence-corrected chi connectivity index (χ1v) is 10.7. The Morgan fingerprint density at radius 3 is 2.74 bits per heavy atom. The number of ether oxygens (including phenoxy) is 1. The molecule has 31 heavy (non-hydrogen) atoms. The summed E-state index contributed by atoms with van der Waals surface area (Å²) >= 11 is 0. The lowest BCUT2D eigenvalue weighted by molar-refractivity contribution is -0.126. The van der Waals surface area contributed by atoms with Crippen molar-refractivity contribution in [3.63, 3.8) is 0 Å². The van der Waals surface area contributed by atoms with E-state index in [1.54, 1.807) is 34.6 Å². The molecule has 7 heteroatoms. The summed E-state index contributed by atoms with van der Waals surface area (Å²) in [6, 6.07) is 12.6. The van der Waals surface area contributed by atoms with Crippen molar-refractivity contribution in [2.24, 2.45) is 0 Å². The number of carbonyl (C=O) groups is 2. The van der Waals surface area contributed by atoms with Gasteiger partial charge in [-0.1, -0.05) is 18.2 Å². The molecule has 158 valence electrons. The zero-order valence-corrected chi connectivity index (χ0v) is 17.3. The van der Waals surface area contributed by atoms with E-state index in [1.165, 1.54) is 0 Å². The molecule has 7 nitrogen and oxygen atoms in total. The molecule has 0 saturated heterocycles. The van der Waals surface area contributed by atoms with Gasteiger partial charge in [0.1, 0.15) is 5.82 Å². The Balaban J connectivity index is 1.36. The summed E-state index contributed by atoms with van der Waals surface area (Å²) in [7, 11) is 0. The van der Waals surface area contributed by atoms with E-state index in [4.69, 9.17) is 4.74 Å². The maximum atomic E-state index is 13.0. The molecule has 0 saturated carbocycles.